The average Bonchev–Trinajstić information content (AvgIpc) is 2.49. The lowest BCUT2D eigenvalue weighted by atomic mass is 10.1. The van der Waals surface area contributed by atoms with Crippen LogP contribution in [-0.2, 0) is 11.3 Å². The van der Waals surface area contributed by atoms with Crippen LogP contribution in [0.15, 0.2) is 35.3 Å². The molecule has 6 nitrogen and oxygen atoms in total. The number of carbonyl (C=O) groups excluding carboxylic acids is 1. The summed E-state index contributed by atoms with van der Waals surface area (Å²) in [6.45, 7) is 6.59. The van der Waals surface area contributed by atoms with E-state index in [4.69, 9.17) is 15.2 Å². The van der Waals surface area contributed by atoms with Crippen molar-refractivity contribution in [3.8, 4) is 5.75 Å². The fourth-order valence-corrected chi connectivity index (χ4v) is 1.60. The van der Waals surface area contributed by atoms with Gasteiger partial charge < -0.3 is 20.5 Å². The van der Waals surface area contributed by atoms with Gasteiger partial charge in [0.15, 0.2) is 5.96 Å². The van der Waals surface area contributed by atoms with Gasteiger partial charge in [0.2, 0.25) is 0 Å². The van der Waals surface area contributed by atoms with Gasteiger partial charge in [-0.15, -0.1) is 0 Å². The van der Waals surface area contributed by atoms with Crippen LogP contribution in [0.4, 0.5) is 0 Å². The molecule has 0 amide bonds. The molecule has 21 heavy (non-hydrogen) atoms. The summed E-state index contributed by atoms with van der Waals surface area (Å²) in [5.41, 5.74) is 7.89. The first-order chi connectivity index (χ1) is 9.97. The SMILES string of the molecule is C=C(C)CNC(N)=NCc1ccc(OC)c(C(=O)OC)c1. The van der Waals surface area contributed by atoms with Crippen molar-refractivity contribution in [2.45, 2.75) is 13.5 Å². The van der Waals surface area contributed by atoms with E-state index in [1.54, 1.807) is 12.1 Å². The van der Waals surface area contributed by atoms with E-state index in [-0.39, 0.29) is 0 Å². The molecule has 0 unspecified atom stereocenters. The Morgan fingerprint density at radius 1 is 1.43 bits per heavy atom. The number of nitrogens with one attached hydrogen (secondary N) is 1. The van der Waals surface area contributed by atoms with Crippen LogP contribution in [0.3, 0.4) is 0 Å². The Morgan fingerprint density at radius 2 is 2.14 bits per heavy atom. The molecule has 0 bridgehead atoms. The molecule has 0 atom stereocenters. The summed E-state index contributed by atoms with van der Waals surface area (Å²) in [7, 11) is 2.82. The smallest absolute Gasteiger partial charge is 0.341 e. The molecule has 1 aromatic carbocycles. The first-order valence-corrected chi connectivity index (χ1v) is 6.41. The minimum absolute atomic E-state index is 0.327. The molecular formula is C15H21N3O3. The number of nitrogens with zero attached hydrogens (tertiary/aromatic N) is 1. The number of methoxy groups -OCH3 is 2. The zero-order valence-corrected chi connectivity index (χ0v) is 12.6. The van der Waals surface area contributed by atoms with Gasteiger partial charge >= 0.3 is 5.97 Å². The molecule has 0 saturated carbocycles. The lowest BCUT2D eigenvalue weighted by molar-refractivity contribution is 0.0597. The van der Waals surface area contributed by atoms with Crippen LogP contribution < -0.4 is 15.8 Å². The Bertz CT molecular complexity index is 553. The van der Waals surface area contributed by atoms with Crippen molar-refractivity contribution in [1.82, 2.24) is 5.32 Å². The Hall–Kier alpha value is -2.50. The molecule has 0 saturated heterocycles. The van der Waals surface area contributed by atoms with Crippen molar-refractivity contribution in [2.75, 3.05) is 20.8 Å². The zero-order chi connectivity index (χ0) is 15.8. The van der Waals surface area contributed by atoms with E-state index in [1.807, 2.05) is 13.0 Å². The summed E-state index contributed by atoms with van der Waals surface area (Å²) >= 11 is 0. The minimum Gasteiger partial charge on any atom is -0.496 e. The molecule has 0 fully saturated rings. The molecular weight excluding hydrogens is 270 g/mol. The van der Waals surface area contributed by atoms with Gasteiger partial charge in [-0.2, -0.15) is 0 Å². The number of aliphatic imine (C=N–C) groups is 1. The number of rotatable bonds is 6. The van der Waals surface area contributed by atoms with Gasteiger partial charge in [0, 0.05) is 6.54 Å². The Morgan fingerprint density at radius 3 is 2.71 bits per heavy atom. The van der Waals surface area contributed by atoms with Crippen LogP contribution in [0.2, 0.25) is 0 Å². The van der Waals surface area contributed by atoms with Crippen LogP contribution in [0, 0.1) is 0 Å². The Kier molecular flexibility index (Phi) is 6.26. The average molecular weight is 291 g/mol. The number of guanidine groups is 1. The lowest BCUT2D eigenvalue weighted by Gasteiger charge is -2.09. The fourth-order valence-electron chi connectivity index (χ4n) is 1.60. The number of hydrogen-bond acceptors (Lipinski definition) is 4. The second kappa shape index (κ2) is 7.94. The van der Waals surface area contributed by atoms with Crippen molar-refractivity contribution in [2.24, 2.45) is 10.7 Å². The predicted molar refractivity (Wildman–Crippen MR) is 82.5 cm³/mol. The highest BCUT2D eigenvalue weighted by atomic mass is 16.5. The molecule has 3 N–H and O–H groups in total. The van der Waals surface area contributed by atoms with Crippen molar-refractivity contribution >= 4 is 11.9 Å². The first-order valence-electron chi connectivity index (χ1n) is 6.41. The van der Waals surface area contributed by atoms with E-state index in [0.29, 0.717) is 30.4 Å². The maximum atomic E-state index is 11.7. The predicted octanol–water partition coefficient (Wildman–Crippen LogP) is 1.46. The number of hydrogen-bond donors (Lipinski definition) is 2. The van der Waals surface area contributed by atoms with Crippen molar-refractivity contribution in [1.29, 1.82) is 0 Å². The minimum atomic E-state index is -0.453. The number of ether oxygens (including phenoxy) is 2. The van der Waals surface area contributed by atoms with Crippen LogP contribution in [0.5, 0.6) is 5.75 Å². The highest BCUT2D eigenvalue weighted by Crippen LogP contribution is 2.21. The molecule has 114 valence electrons. The normalized spacial score (nSPS) is 10.9. The maximum Gasteiger partial charge on any atom is 0.341 e. The molecule has 0 spiro atoms. The third-order valence-electron chi connectivity index (χ3n) is 2.67. The van der Waals surface area contributed by atoms with Gasteiger partial charge in [-0.05, 0) is 24.6 Å². The Labute approximate surface area is 124 Å². The van der Waals surface area contributed by atoms with Crippen molar-refractivity contribution in [3.05, 3.63) is 41.5 Å². The molecule has 0 aromatic heterocycles. The van der Waals surface area contributed by atoms with Gasteiger partial charge in [0.25, 0.3) is 0 Å². The largest absolute Gasteiger partial charge is 0.496 e. The monoisotopic (exact) mass is 291 g/mol. The van der Waals surface area contributed by atoms with E-state index in [2.05, 4.69) is 16.9 Å². The quantitative estimate of drug-likeness (QED) is 0.359. The van der Waals surface area contributed by atoms with E-state index >= 15 is 0 Å². The molecule has 1 aromatic rings. The van der Waals surface area contributed by atoms with Gasteiger partial charge in [0.05, 0.1) is 20.8 Å². The maximum absolute atomic E-state index is 11.7. The highest BCUT2D eigenvalue weighted by molar-refractivity contribution is 5.92. The highest BCUT2D eigenvalue weighted by Gasteiger charge is 2.13. The summed E-state index contributed by atoms with van der Waals surface area (Å²) in [6.07, 6.45) is 0. The summed E-state index contributed by atoms with van der Waals surface area (Å²) in [6, 6.07) is 5.20. The summed E-state index contributed by atoms with van der Waals surface area (Å²) in [5.74, 6) is 0.336. The first kappa shape index (κ1) is 16.6. The summed E-state index contributed by atoms with van der Waals surface area (Å²) in [5, 5.41) is 2.94. The third kappa shape index (κ3) is 5.18. The standard InChI is InChI=1S/C15H21N3O3/c1-10(2)8-17-15(16)18-9-11-5-6-13(20-3)12(7-11)14(19)21-4/h5-7H,1,8-9H2,2-4H3,(H3,16,17,18). The number of carbonyl (C=O) groups is 1. The van der Waals surface area contributed by atoms with Gasteiger partial charge in [0.1, 0.15) is 11.3 Å². The molecule has 0 aliphatic rings. The van der Waals surface area contributed by atoms with E-state index in [1.165, 1.54) is 14.2 Å². The van der Waals surface area contributed by atoms with Gasteiger partial charge in [-0.3, -0.25) is 0 Å². The van der Waals surface area contributed by atoms with Crippen LogP contribution in [-0.4, -0.2) is 32.7 Å². The lowest BCUT2D eigenvalue weighted by Crippen LogP contribution is -2.32. The second-order valence-electron chi connectivity index (χ2n) is 4.54. The molecule has 0 heterocycles. The van der Waals surface area contributed by atoms with Gasteiger partial charge in [-0.1, -0.05) is 18.2 Å². The summed E-state index contributed by atoms with van der Waals surface area (Å²) in [4.78, 5) is 15.9. The number of nitrogens with two attached hydrogens (primary N) is 1. The fraction of sp³-hybridized carbons (Fsp3) is 0.333. The molecule has 0 radical (unpaired) electrons. The number of esters is 1. The molecule has 0 aliphatic carbocycles. The van der Waals surface area contributed by atoms with Crippen molar-refractivity contribution < 1.29 is 14.3 Å². The topological polar surface area (TPSA) is 85.9 Å². The van der Waals surface area contributed by atoms with Crippen molar-refractivity contribution in [3.63, 3.8) is 0 Å². The van der Waals surface area contributed by atoms with Crippen LogP contribution >= 0.6 is 0 Å². The zero-order valence-electron chi connectivity index (χ0n) is 12.6. The third-order valence-corrected chi connectivity index (χ3v) is 2.67. The molecule has 1 rings (SSSR count). The number of benzene rings is 1. The van der Waals surface area contributed by atoms with Crippen LogP contribution in [0.25, 0.3) is 0 Å². The van der Waals surface area contributed by atoms with Gasteiger partial charge in [-0.25, -0.2) is 9.79 Å². The molecule has 0 aliphatic heterocycles. The van der Waals surface area contributed by atoms with E-state index < -0.39 is 5.97 Å². The summed E-state index contributed by atoms with van der Waals surface area (Å²) < 4.78 is 9.85. The second-order valence-corrected chi connectivity index (χ2v) is 4.54. The van der Waals surface area contributed by atoms with E-state index in [0.717, 1.165) is 11.1 Å². The Balaban J connectivity index is 2.82. The molecule has 6 heteroatoms. The van der Waals surface area contributed by atoms with E-state index in [9.17, 15) is 4.79 Å². The van der Waals surface area contributed by atoms with Crippen LogP contribution in [0.1, 0.15) is 22.8 Å².